The SMILES string of the molecule is Cc1ccccc1C(O)C1(CN)CC(C)C1. The fraction of sp³-hybridized carbons (Fsp3) is 0.571. The molecule has 2 rings (SSSR count). The van der Waals surface area contributed by atoms with Crippen LogP contribution in [0.15, 0.2) is 24.3 Å². The Kier molecular flexibility index (Phi) is 3.04. The molecular weight excluding hydrogens is 198 g/mol. The van der Waals surface area contributed by atoms with Gasteiger partial charge >= 0.3 is 0 Å². The maximum atomic E-state index is 10.5. The summed E-state index contributed by atoms with van der Waals surface area (Å²) in [7, 11) is 0. The smallest absolute Gasteiger partial charge is 0.0861 e. The lowest BCUT2D eigenvalue weighted by molar-refractivity contribution is -0.0605. The van der Waals surface area contributed by atoms with E-state index >= 15 is 0 Å². The van der Waals surface area contributed by atoms with E-state index in [0.29, 0.717) is 12.5 Å². The number of hydrogen-bond acceptors (Lipinski definition) is 2. The van der Waals surface area contributed by atoms with Crippen molar-refractivity contribution in [2.45, 2.75) is 32.8 Å². The van der Waals surface area contributed by atoms with Gasteiger partial charge in [-0.3, -0.25) is 0 Å². The molecule has 0 aliphatic heterocycles. The average Bonchev–Trinajstić information content (AvgIpc) is 2.24. The largest absolute Gasteiger partial charge is 0.388 e. The first-order chi connectivity index (χ1) is 7.59. The van der Waals surface area contributed by atoms with Gasteiger partial charge in [0.15, 0.2) is 0 Å². The molecule has 1 atom stereocenters. The Morgan fingerprint density at radius 3 is 2.56 bits per heavy atom. The van der Waals surface area contributed by atoms with Gasteiger partial charge in [-0.05, 0) is 36.8 Å². The quantitative estimate of drug-likeness (QED) is 0.820. The lowest BCUT2D eigenvalue weighted by Crippen LogP contribution is -2.46. The van der Waals surface area contributed by atoms with Crippen LogP contribution in [0.1, 0.15) is 37.0 Å². The molecule has 0 spiro atoms. The highest BCUT2D eigenvalue weighted by molar-refractivity contribution is 5.30. The molecule has 0 heterocycles. The molecule has 1 aliphatic rings. The summed E-state index contributed by atoms with van der Waals surface area (Å²) in [5, 5.41) is 10.5. The van der Waals surface area contributed by atoms with E-state index in [2.05, 4.69) is 6.92 Å². The highest BCUT2D eigenvalue weighted by Gasteiger charge is 2.47. The van der Waals surface area contributed by atoms with Gasteiger partial charge in [0.1, 0.15) is 0 Å². The van der Waals surface area contributed by atoms with Gasteiger partial charge in [0.25, 0.3) is 0 Å². The van der Waals surface area contributed by atoms with Crippen LogP contribution in [0.4, 0.5) is 0 Å². The maximum absolute atomic E-state index is 10.5. The van der Waals surface area contributed by atoms with E-state index in [1.807, 2.05) is 31.2 Å². The zero-order valence-electron chi connectivity index (χ0n) is 10.1. The molecule has 0 radical (unpaired) electrons. The maximum Gasteiger partial charge on any atom is 0.0861 e. The number of hydrogen-bond donors (Lipinski definition) is 2. The van der Waals surface area contributed by atoms with Crippen molar-refractivity contribution in [3.8, 4) is 0 Å². The van der Waals surface area contributed by atoms with Gasteiger partial charge in [0.2, 0.25) is 0 Å². The summed E-state index contributed by atoms with van der Waals surface area (Å²) < 4.78 is 0. The molecule has 1 fully saturated rings. The van der Waals surface area contributed by atoms with Crippen LogP contribution in [0.2, 0.25) is 0 Å². The van der Waals surface area contributed by atoms with Crippen molar-refractivity contribution in [1.82, 2.24) is 0 Å². The van der Waals surface area contributed by atoms with Crippen LogP contribution in [0.25, 0.3) is 0 Å². The summed E-state index contributed by atoms with van der Waals surface area (Å²) in [6.45, 7) is 4.84. The summed E-state index contributed by atoms with van der Waals surface area (Å²) in [4.78, 5) is 0. The predicted octanol–water partition coefficient (Wildman–Crippen LogP) is 2.40. The van der Waals surface area contributed by atoms with Gasteiger partial charge in [-0.15, -0.1) is 0 Å². The molecule has 0 amide bonds. The van der Waals surface area contributed by atoms with Crippen molar-refractivity contribution >= 4 is 0 Å². The van der Waals surface area contributed by atoms with Crippen LogP contribution in [0.5, 0.6) is 0 Å². The third-order valence-electron chi connectivity index (χ3n) is 3.98. The molecule has 2 heteroatoms. The number of rotatable bonds is 3. The topological polar surface area (TPSA) is 46.2 Å². The Labute approximate surface area is 97.5 Å². The summed E-state index contributed by atoms with van der Waals surface area (Å²) in [6, 6.07) is 8.05. The van der Waals surface area contributed by atoms with Crippen molar-refractivity contribution in [1.29, 1.82) is 0 Å². The van der Waals surface area contributed by atoms with Gasteiger partial charge in [-0.1, -0.05) is 31.2 Å². The minimum absolute atomic E-state index is 0.0778. The molecule has 2 nitrogen and oxygen atoms in total. The standard InChI is InChI=1S/C14H21NO/c1-10-7-14(8-10,9-15)13(16)12-6-4-3-5-11(12)2/h3-6,10,13,16H,7-9,15H2,1-2H3. The minimum atomic E-state index is -0.408. The average molecular weight is 219 g/mol. The van der Waals surface area contributed by atoms with Crippen molar-refractivity contribution in [3.05, 3.63) is 35.4 Å². The second-order valence-electron chi connectivity index (χ2n) is 5.34. The lowest BCUT2D eigenvalue weighted by atomic mass is 9.58. The van der Waals surface area contributed by atoms with E-state index in [0.717, 1.165) is 24.0 Å². The molecule has 1 unspecified atom stereocenters. The number of aliphatic hydroxyl groups excluding tert-OH is 1. The Bertz CT molecular complexity index is 369. The van der Waals surface area contributed by atoms with Crippen LogP contribution < -0.4 is 5.73 Å². The molecule has 1 aromatic rings. The Hall–Kier alpha value is -0.860. The van der Waals surface area contributed by atoms with E-state index in [1.54, 1.807) is 0 Å². The van der Waals surface area contributed by atoms with Crippen molar-refractivity contribution in [2.24, 2.45) is 17.1 Å². The normalized spacial score (nSPS) is 30.9. The Balaban J connectivity index is 2.25. The first-order valence-corrected chi connectivity index (χ1v) is 6.03. The number of nitrogens with two attached hydrogens (primary N) is 1. The molecule has 0 bridgehead atoms. The summed E-state index contributed by atoms with van der Waals surface area (Å²) in [5.74, 6) is 0.696. The Morgan fingerprint density at radius 2 is 2.06 bits per heavy atom. The fourth-order valence-corrected chi connectivity index (χ4v) is 3.05. The fourth-order valence-electron chi connectivity index (χ4n) is 3.05. The molecule has 3 N–H and O–H groups in total. The Morgan fingerprint density at radius 1 is 1.44 bits per heavy atom. The summed E-state index contributed by atoms with van der Waals surface area (Å²) in [6.07, 6.45) is 1.67. The van der Waals surface area contributed by atoms with E-state index < -0.39 is 6.10 Å². The van der Waals surface area contributed by atoms with Gasteiger partial charge < -0.3 is 10.8 Å². The molecular formula is C14H21NO. The van der Waals surface area contributed by atoms with Crippen LogP contribution in [0, 0.1) is 18.3 Å². The van der Waals surface area contributed by atoms with Crippen LogP contribution >= 0.6 is 0 Å². The number of benzene rings is 1. The summed E-state index contributed by atoms with van der Waals surface area (Å²) >= 11 is 0. The van der Waals surface area contributed by atoms with Gasteiger partial charge in [-0.25, -0.2) is 0 Å². The molecule has 0 saturated heterocycles. The number of aryl methyl sites for hydroxylation is 1. The highest BCUT2D eigenvalue weighted by atomic mass is 16.3. The third kappa shape index (κ3) is 1.76. The zero-order valence-corrected chi connectivity index (χ0v) is 10.1. The molecule has 1 aliphatic carbocycles. The monoisotopic (exact) mass is 219 g/mol. The molecule has 0 aromatic heterocycles. The van der Waals surface area contributed by atoms with Gasteiger partial charge in [0, 0.05) is 12.0 Å². The van der Waals surface area contributed by atoms with Crippen LogP contribution in [-0.2, 0) is 0 Å². The first kappa shape index (κ1) is 11.6. The number of aliphatic hydroxyl groups is 1. The van der Waals surface area contributed by atoms with E-state index in [9.17, 15) is 5.11 Å². The van der Waals surface area contributed by atoms with Crippen molar-refractivity contribution in [3.63, 3.8) is 0 Å². The van der Waals surface area contributed by atoms with Crippen LogP contribution in [-0.4, -0.2) is 11.7 Å². The van der Waals surface area contributed by atoms with E-state index in [1.165, 1.54) is 0 Å². The molecule has 88 valence electrons. The van der Waals surface area contributed by atoms with Crippen LogP contribution in [0.3, 0.4) is 0 Å². The second-order valence-corrected chi connectivity index (χ2v) is 5.34. The predicted molar refractivity (Wildman–Crippen MR) is 66.0 cm³/mol. The third-order valence-corrected chi connectivity index (χ3v) is 3.98. The second kappa shape index (κ2) is 4.19. The highest BCUT2D eigenvalue weighted by Crippen LogP contribution is 2.52. The van der Waals surface area contributed by atoms with Gasteiger partial charge in [0.05, 0.1) is 6.10 Å². The lowest BCUT2D eigenvalue weighted by Gasteiger charge is -2.49. The van der Waals surface area contributed by atoms with E-state index in [4.69, 9.17) is 5.73 Å². The van der Waals surface area contributed by atoms with Crippen molar-refractivity contribution in [2.75, 3.05) is 6.54 Å². The molecule has 16 heavy (non-hydrogen) atoms. The first-order valence-electron chi connectivity index (χ1n) is 6.03. The summed E-state index contributed by atoms with van der Waals surface area (Å²) in [5.41, 5.74) is 7.98. The van der Waals surface area contributed by atoms with E-state index in [-0.39, 0.29) is 5.41 Å². The minimum Gasteiger partial charge on any atom is -0.388 e. The molecule has 1 aromatic carbocycles. The zero-order chi connectivity index (χ0) is 11.8. The van der Waals surface area contributed by atoms with Gasteiger partial charge in [-0.2, -0.15) is 0 Å². The molecule has 1 saturated carbocycles. The van der Waals surface area contributed by atoms with Crippen molar-refractivity contribution < 1.29 is 5.11 Å².